The molecule has 0 fully saturated rings. The van der Waals surface area contributed by atoms with Crippen LogP contribution in [0.25, 0.3) is 88.4 Å². The molecule has 11 aromatic rings. The molecule has 0 aliphatic rings. The molecule has 11 rings (SSSR count). The number of hydrogen-bond acceptors (Lipinski definition) is 3. The molecule has 0 aliphatic heterocycles. The van der Waals surface area contributed by atoms with Crippen molar-refractivity contribution in [3.8, 4) is 44.5 Å². The maximum absolute atomic E-state index is 6.82. The van der Waals surface area contributed by atoms with Crippen molar-refractivity contribution in [1.82, 2.24) is 0 Å². The van der Waals surface area contributed by atoms with Crippen LogP contribution in [0, 0.1) is 0 Å². The first-order chi connectivity index (χ1) is 28.2. The molecule has 9 aromatic carbocycles. The van der Waals surface area contributed by atoms with Gasteiger partial charge in [-0.25, -0.2) is 0 Å². The zero-order valence-corrected chi connectivity index (χ0v) is 31.0. The van der Waals surface area contributed by atoms with Crippen LogP contribution in [0.3, 0.4) is 0 Å². The molecule has 0 spiro atoms. The van der Waals surface area contributed by atoms with Crippen LogP contribution in [0.4, 0.5) is 17.1 Å². The largest absolute Gasteiger partial charge is 0.456 e. The minimum absolute atomic E-state index is 0.844. The summed E-state index contributed by atoms with van der Waals surface area (Å²) in [5.74, 6) is 0. The summed E-state index contributed by atoms with van der Waals surface area (Å²) in [6, 6.07) is 75.1. The van der Waals surface area contributed by atoms with Crippen molar-refractivity contribution in [2.24, 2.45) is 0 Å². The van der Waals surface area contributed by atoms with Gasteiger partial charge in [0, 0.05) is 38.5 Å². The van der Waals surface area contributed by atoms with Gasteiger partial charge in [-0.3, -0.25) is 0 Å². The van der Waals surface area contributed by atoms with E-state index in [-0.39, 0.29) is 0 Å². The summed E-state index contributed by atoms with van der Waals surface area (Å²) in [6.07, 6.45) is 0. The van der Waals surface area contributed by atoms with Gasteiger partial charge < -0.3 is 13.7 Å². The first-order valence-electron chi connectivity index (χ1n) is 19.3. The summed E-state index contributed by atoms with van der Waals surface area (Å²) in [5, 5.41) is 4.43. The van der Waals surface area contributed by atoms with Crippen molar-refractivity contribution in [2.75, 3.05) is 4.90 Å². The zero-order chi connectivity index (χ0) is 37.7. The predicted molar refractivity (Wildman–Crippen MR) is 237 cm³/mol. The second-order valence-electron chi connectivity index (χ2n) is 14.5. The van der Waals surface area contributed by atoms with E-state index in [4.69, 9.17) is 8.83 Å². The van der Waals surface area contributed by atoms with Crippen LogP contribution in [0.5, 0.6) is 0 Å². The lowest BCUT2D eigenvalue weighted by Gasteiger charge is -2.28. The van der Waals surface area contributed by atoms with Crippen LogP contribution < -0.4 is 4.90 Å². The SMILES string of the molecule is c1ccc(-c2cccc(-c3ccc(N(c4ccc(-c5ccc6c(c5)oc5ccccc56)cc4)c4c(-c5ccccc5)ccc5c4oc4ccccc45)cc3)c2)cc1. The van der Waals surface area contributed by atoms with Gasteiger partial charge in [-0.05, 0) is 99.6 Å². The molecular weight excluding hydrogens is 695 g/mol. The van der Waals surface area contributed by atoms with Crippen LogP contribution in [-0.2, 0) is 0 Å². The van der Waals surface area contributed by atoms with E-state index in [2.05, 4.69) is 199 Å². The molecule has 0 bridgehead atoms. The maximum atomic E-state index is 6.82. The predicted octanol–water partition coefficient (Wildman–Crippen LogP) is 15.6. The summed E-state index contributed by atoms with van der Waals surface area (Å²) < 4.78 is 13.1. The summed E-state index contributed by atoms with van der Waals surface area (Å²) in [6.45, 7) is 0. The number of fused-ring (bicyclic) bond motifs is 6. The Morgan fingerprint density at radius 1 is 0.281 bits per heavy atom. The van der Waals surface area contributed by atoms with E-state index in [9.17, 15) is 0 Å². The van der Waals surface area contributed by atoms with E-state index in [1.807, 2.05) is 18.2 Å². The fourth-order valence-electron chi connectivity index (χ4n) is 8.27. The molecule has 2 heterocycles. The first-order valence-corrected chi connectivity index (χ1v) is 19.3. The molecule has 3 heteroatoms. The Morgan fingerprint density at radius 3 is 1.39 bits per heavy atom. The average molecular weight is 730 g/mol. The topological polar surface area (TPSA) is 29.5 Å². The monoisotopic (exact) mass is 729 g/mol. The molecular formula is C54H35NO2. The number of furan rings is 2. The second-order valence-corrected chi connectivity index (χ2v) is 14.5. The van der Waals surface area contributed by atoms with Gasteiger partial charge >= 0.3 is 0 Å². The molecule has 0 saturated heterocycles. The van der Waals surface area contributed by atoms with E-state index in [0.29, 0.717) is 0 Å². The Hall–Kier alpha value is -7.62. The highest BCUT2D eigenvalue weighted by Crippen LogP contribution is 2.48. The smallest absolute Gasteiger partial charge is 0.160 e. The molecule has 0 aliphatic carbocycles. The third-order valence-corrected chi connectivity index (χ3v) is 11.1. The van der Waals surface area contributed by atoms with Gasteiger partial charge in [0.05, 0.1) is 5.69 Å². The molecule has 2 aromatic heterocycles. The van der Waals surface area contributed by atoms with Crippen molar-refractivity contribution in [1.29, 1.82) is 0 Å². The summed E-state index contributed by atoms with van der Waals surface area (Å²) in [5.41, 5.74) is 15.7. The van der Waals surface area contributed by atoms with Gasteiger partial charge in [-0.2, -0.15) is 0 Å². The Labute approximate surface area is 330 Å². The summed E-state index contributed by atoms with van der Waals surface area (Å²) >= 11 is 0. The number of rotatable bonds is 7. The van der Waals surface area contributed by atoms with E-state index in [0.717, 1.165) is 88.8 Å². The number of benzene rings is 9. The van der Waals surface area contributed by atoms with Crippen molar-refractivity contribution in [3.63, 3.8) is 0 Å². The average Bonchev–Trinajstić information content (AvgIpc) is 3.86. The van der Waals surface area contributed by atoms with Gasteiger partial charge in [-0.1, -0.05) is 152 Å². The fraction of sp³-hybridized carbons (Fsp3) is 0. The quantitative estimate of drug-likeness (QED) is 0.164. The van der Waals surface area contributed by atoms with Gasteiger partial charge in [-0.15, -0.1) is 0 Å². The van der Waals surface area contributed by atoms with E-state index >= 15 is 0 Å². The maximum Gasteiger partial charge on any atom is 0.160 e. The zero-order valence-electron chi connectivity index (χ0n) is 31.0. The van der Waals surface area contributed by atoms with Crippen molar-refractivity contribution >= 4 is 60.9 Å². The highest BCUT2D eigenvalue weighted by molar-refractivity contribution is 6.14. The highest BCUT2D eigenvalue weighted by atomic mass is 16.3. The summed E-state index contributed by atoms with van der Waals surface area (Å²) in [4.78, 5) is 2.35. The van der Waals surface area contributed by atoms with Crippen LogP contribution in [0.15, 0.2) is 221 Å². The highest BCUT2D eigenvalue weighted by Gasteiger charge is 2.24. The third-order valence-electron chi connectivity index (χ3n) is 11.1. The minimum Gasteiger partial charge on any atom is -0.456 e. The van der Waals surface area contributed by atoms with E-state index in [1.165, 1.54) is 16.7 Å². The number of nitrogens with zero attached hydrogens (tertiary/aromatic N) is 1. The van der Waals surface area contributed by atoms with E-state index < -0.39 is 0 Å². The number of anilines is 3. The van der Waals surface area contributed by atoms with Crippen LogP contribution in [-0.4, -0.2) is 0 Å². The lowest BCUT2D eigenvalue weighted by atomic mass is 9.97. The molecule has 0 amide bonds. The fourth-order valence-corrected chi connectivity index (χ4v) is 8.27. The molecule has 0 atom stereocenters. The third kappa shape index (κ3) is 5.76. The first kappa shape index (κ1) is 32.8. The Bertz CT molecular complexity index is 3210. The number of para-hydroxylation sites is 2. The van der Waals surface area contributed by atoms with Gasteiger partial charge in [0.2, 0.25) is 0 Å². The molecule has 0 unspecified atom stereocenters. The molecule has 57 heavy (non-hydrogen) atoms. The molecule has 0 saturated carbocycles. The number of hydrogen-bond donors (Lipinski definition) is 0. The van der Waals surface area contributed by atoms with Crippen molar-refractivity contribution < 1.29 is 8.83 Å². The molecule has 0 N–H and O–H groups in total. The van der Waals surface area contributed by atoms with Crippen molar-refractivity contribution in [2.45, 2.75) is 0 Å². The Balaban J connectivity index is 1.08. The van der Waals surface area contributed by atoms with Crippen LogP contribution in [0.1, 0.15) is 0 Å². The van der Waals surface area contributed by atoms with Crippen molar-refractivity contribution in [3.05, 3.63) is 212 Å². The lowest BCUT2D eigenvalue weighted by Crippen LogP contribution is -2.11. The Morgan fingerprint density at radius 2 is 0.737 bits per heavy atom. The molecule has 3 nitrogen and oxygen atoms in total. The normalized spacial score (nSPS) is 11.5. The van der Waals surface area contributed by atoms with Crippen LogP contribution in [0.2, 0.25) is 0 Å². The van der Waals surface area contributed by atoms with Gasteiger partial charge in [0.15, 0.2) is 5.58 Å². The summed E-state index contributed by atoms with van der Waals surface area (Å²) in [7, 11) is 0. The Kier molecular flexibility index (Phi) is 7.82. The minimum atomic E-state index is 0.844. The lowest BCUT2D eigenvalue weighted by molar-refractivity contribution is 0.668. The second kappa shape index (κ2) is 13.6. The van der Waals surface area contributed by atoms with Gasteiger partial charge in [0.1, 0.15) is 16.7 Å². The molecule has 0 radical (unpaired) electrons. The van der Waals surface area contributed by atoms with Crippen LogP contribution >= 0.6 is 0 Å². The molecule has 268 valence electrons. The standard InChI is InChI=1S/C54H35NO2/c1-3-12-36(13-4-1)40-16-11-17-41(34-40)37-22-27-43(28-23-37)55(44-29-24-38(25-30-44)42-26-31-48-46-18-7-9-20-50(46)56-52(48)35-42)53-45(39-14-5-2-6-15-39)32-33-49-47-19-8-10-21-51(47)57-54(49)53/h1-35H. The van der Waals surface area contributed by atoms with Gasteiger partial charge in [0.25, 0.3) is 0 Å². The van der Waals surface area contributed by atoms with E-state index in [1.54, 1.807) is 0 Å².